The van der Waals surface area contributed by atoms with Gasteiger partial charge in [-0.3, -0.25) is 9.89 Å². The fraction of sp³-hybridized carbons (Fsp3) is 0.619. The van der Waals surface area contributed by atoms with Crippen molar-refractivity contribution in [3.63, 3.8) is 0 Å². The highest BCUT2D eigenvalue weighted by Gasteiger charge is 2.30. The van der Waals surface area contributed by atoms with Crippen LogP contribution in [-0.4, -0.2) is 83.8 Å². The van der Waals surface area contributed by atoms with E-state index in [-0.39, 0.29) is 24.0 Å². The van der Waals surface area contributed by atoms with Crippen LogP contribution in [0.15, 0.2) is 29.3 Å². The SMILES string of the molecule is CCNC(=NCCn1c(C)nc2ccccc21)N1CCC(N2CCOCC2)C1.I. The van der Waals surface area contributed by atoms with Crippen molar-refractivity contribution in [1.82, 2.24) is 24.7 Å². The molecule has 0 amide bonds. The minimum absolute atomic E-state index is 0. The van der Waals surface area contributed by atoms with Gasteiger partial charge in [0.05, 0.1) is 30.8 Å². The van der Waals surface area contributed by atoms with Crippen molar-refractivity contribution in [2.24, 2.45) is 4.99 Å². The molecule has 2 aliphatic heterocycles. The van der Waals surface area contributed by atoms with Crippen molar-refractivity contribution < 1.29 is 4.74 Å². The van der Waals surface area contributed by atoms with Gasteiger partial charge >= 0.3 is 0 Å². The summed E-state index contributed by atoms with van der Waals surface area (Å²) >= 11 is 0. The summed E-state index contributed by atoms with van der Waals surface area (Å²) in [7, 11) is 0. The lowest BCUT2D eigenvalue weighted by Crippen LogP contribution is -2.46. The summed E-state index contributed by atoms with van der Waals surface area (Å²) in [5.41, 5.74) is 2.25. The fourth-order valence-electron chi connectivity index (χ4n) is 4.33. The van der Waals surface area contributed by atoms with E-state index in [1.165, 1.54) is 11.9 Å². The van der Waals surface area contributed by atoms with Crippen molar-refractivity contribution in [3.05, 3.63) is 30.1 Å². The smallest absolute Gasteiger partial charge is 0.194 e. The van der Waals surface area contributed by atoms with E-state index in [1.54, 1.807) is 0 Å². The van der Waals surface area contributed by atoms with Crippen LogP contribution in [0.5, 0.6) is 0 Å². The number of ether oxygens (including phenoxy) is 1. The molecule has 1 aromatic heterocycles. The molecule has 7 nitrogen and oxygen atoms in total. The molecular weight excluding hydrogens is 479 g/mol. The Hall–Kier alpha value is -1.39. The van der Waals surface area contributed by atoms with Gasteiger partial charge in [0, 0.05) is 45.3 Å². The van der Waals surface area contributed by atoms with Crippen LogP contribution in [0, 0.1) is 6.92 Å². The molecule has 8 heteroatoms. The summed E-state index contributed by atoms with van der Waals surface area (Å²) in [6.07, 6.45) is 1.20. The largest absolute Gasteiger partial charge is 0.379 e. The normalized spacial score (nSPS) is 20.8. The summed E-state index contributed by atoms with van der Waals surface area (Å²) in [5.74, 6) is 2.09. The summed E-state index contributed by atoms with van der Waals surface area (Å²) in [6.45, 7) is 12.7. The predicted molar refractivity (Wildman–Crippen MR) is 128 cm³/mol. The molecule has 1 aromatic carbocycles. The topological polar surface area (TPSA) is 57.9 Å². The molecule has 3 heterocycles. The fourth-order valence-corrected chi connectivity index (χ4v) is 4.33. The molecular formula is C21H33IN6O. The predicted octanol–water partition coefficient (Wildman–Crippen LogP) is 2.33. The third-order valence-corrected chi connectivity index (χ3v) is 5.79. The zero-order valence-electron chi connectivity index (χ0n) is 17.5. The second-order valence-electron chi connectivity index (χ2n) is 7.57. The Balaban J connectivity index is 0.00000240. The molecule has 2 aliphatic rings. The number of fused-ring (bicyclic) bond motifs is 1. The number of morpholine rings is 1. The van der Waals surface area contributed by atoms with E-state index >= 15 is 0 Å². The first-order chi connectivity index (χ1) is 13.8. The standard InChI is InChI=1S/C21H32N6O.HI/c1-3-22-21(26-10-8-18(16-26)25-12-14-28-15-13-25)23-9-11-27-17(2)24-19-6-4-5-7-20(19)27;/h4-7,18H,3,8-16H2,1-2H3,(H,22,23);1H. The monoisotopic (exact) mass is 512 g/mol. The number of halogens is 1. The highest BCUT2D eigenvalue weighted by Crippen LogP contribution is 2.18. The summed E-state index contributed by atoms with van der Waals surface area (Å²) in [4.78, 5) is 14.6. The molecule has 0 bridgehead atoms. The van der Waals surface area contributed by atoms with E-state index < -0.39 is 0 Å². The number of hydrogen-bond donors (Lipinski definition) is 1. The van der Waals surface area contributed by atoms with Gasteiger partial charge in [0.15, 0.2) is 5.96 Å². The number of benzene rings is 1. The number of nitrogens with zero attached hydrogens (tertiary/aromatic N) is 5. The Morgan fingerprint density at radius 3 is 2.83 bits per heavy atom. The molecule has 0 spiro atoms. The van der Waals surface area contributed by atoms with Crippen molar-refractivity contribution in [1.29, 1.82) is 0 Å². The van der Waals surface area contributed by atoms with Crippen molar-refractivity contribution >= 4 is 41.0 Å². The number of guanidine groups is 1. The molecule has 160 valence electrons. The van der Waals surface area contributed by atoms with Gasteiger partial charge in [-0.25, -0.2) is 4.98 Å². The zero-order valence-corrected chi connectivity index (χ0v) is 19.8. The number of aromatic nitrogens is 2. The molecule has 0 radical (unpaired) electrons. The van der Waals surface area contributed by atoms with Crippen molar-refractivity contribution in [3.8, 4) is 0 Å². The lowest BCUT2D eigenvalue weighted by molar-refractivity contribution is 0.0195. The maximum atomic E-state index is 5.50. The summed E-state index contributed by atoms with van der Waals surface area (Å²) in [5, 5.41) is 3.49. The third kappa shape index (κ3) is 5.21. The van der Waals surface area contributed by atoms with E-state index in [9.17, 15) is 0 Å². The van der Waals surface area contributed by atoms with Crippen molar-refractivity contribution in [2.45, 2.75) is 32.9 Å². The number of imidazole rings is 1. The van der Waals surface area contributed by atoms with Crippen LogP contribution in [0.3, 0.4) is 0 Å². The number of aryl methyl sites for hydroxylation is 1. The Morgan fingerprint density at radius 1 is 1.24 bits per heavy atom. The second kappa shape index (κ2) is 10.6. The highest BCUT2D eigenvalue weighted by molar-refractivity contribution is 14.0. The second-order valence-corrected chi connectivity index (χ2v) is 7.57. The lowest BCUT2D eigenvalue weighted by atomic mass is 10.2. The summed E-state index contributed by atoms with van der Waals surface area (Å²) < 4.78 is 7.77. The van der Waals surface area contributed by atoms with Crippen LogP contribution in [0.1, 0.15) is 19.2 Å². The van der Waals surface area contributed by atoms with E-state index in [4.69, 9.17) is 9.73 Å². The van der Waals surface area contributed by atoms with Crippen LogP contribution in [-0.2, 0) is 11.3 Å². The molecule has 2 saturated heterocycles. The third-order valence-electron chi connectivity index (χ3n) is 5.79. The number of aliphatic imine (C=N–C) groups is 1. The average molecular weight is 512 g/mol. The van der Waals surface area contributed by atoms with Gasteiger partial charge in [-0.1, -0.05) is 12.1 Å². The maximum absolute atomic E-state index is 5.50. The minimum atomic E-state index is 0. The number of likely N-dealkylation sites (tertiary alicyclic amines) is 1. The molecule has 4 rings (SSSR count). The Bertz CT molecular complexity index is 817. The molecule has 1 N–H and O–H groups in total. The van der Waals surface area contributed by atoms with Gasteiger partial charge in [-0.05, 0) is 32.4 Å². The van der Waals surface area contributed by atoms with E-state index in [1.807, 2.05) is 6.07 Å². The minimum Gasteiger partial charge on any atom is -0.379 e. The highest BCUT2D eigenvalue weighted by atomic mass is 127. The Morgan fingerprint density at radius 2 is 2.03 bits per heavy atom. The van der Waals surface area contributed by atoms with Gasteiger partial charge in [0.25, 0.3) is 0 Å². The van der Waals surface area contributed by atoms with E-state index in [2.05, 4.69) is 56.7 Å². The Kier molecular flexibility index (Phi) is 8.14. The first-order valence-electron chi connectivity index (χ1n) is 10.5. The molecule has 1 atom stereocenters. The number of nitrogens with one attached hydrogen (secondary N) is 1. The first-order valence-corrected chi connectivity index (χ1v) is 10.5. The van der Waals surface area contributed by atoms with E-state index in [0.29, 0.717) is 6.04 Å². The van der Waals surface area contributed by atoms with Gasteiger partial charge in [-0.15, -0.1) is 24.0 Å². The quantitative estimate of drug-likeness (QED) is 0.379. The molecule has 1 unspecified atom stereocenters. The Labute approximate surface area is 190 Å². The van der Waals surface area contributed by atoms with Crippen LogP contribution < -0.4 is 5.32 Å². The molecule has 2 aromatic rings. The molecule has 2 fully saturated rings. The van der Waals surface area contributed by atoms with Gasteiger partial charge in [0.1, 0.15) is 5.82 Å². The number of hydrogen-bond acceptors (Lipinski definition) is 4. The number of rotatable bonds is 5. The number of para-hydroxylation sites is 2. The molecule has 0 saturated carbocycles. The summed E-state index contributed by atoms with van der Waals surface area (Å²) in [6, 6.07) is 8.94. The van der Waals surface area contributed by atoms with Gasteiger partial charge in [-0.2, -0.15) is 0 Å². The molecule has 29 heavy (non-hydrogen) atoms. The van der Waals surface area contributed by atoms with Crippen LogP contribution in [0.4, 0.5) is 0 Å². The van der Waals surface area contributed by atoms with Crippen LogP contribution in [0.2, 0.25) is 0 Å². The van der Waals surface area contributed by atoms with Gasteiger partial charge < -0.3 is 19.5 Å². The van der Waals surface area contributed by atoms with Crippen LogP contribution in [0.25, 0.3) is 11.0 Å². The average Bonchev–Trinajstić information content (AvgIpc) is 3.33. The first kappa shape index (κ1) is 22.3. The molecule has 0 aliphatic carbocycles. The zero-order chi connectivity index (χ0) is 19.3. The van der Waals surface area contributed by atoms with Crippen LogP contribution >= 0.6 is 24.0 Å². The van der Waals surface area contributed by atoms with E-state index in [0.717, 1.165) is 76.3 Å². The maximum Gasteiger partial charge on any atom is 0.194 e. The lowest BCUT2D eigenvalue weighted by Gasteiger charge is -2.32. The van der Waals surface area contributed by atoms with Gasteiger partial charge in [0.2, 0.25) is 0 Å². The van der Waals surface area contributed by atoms with Crippen molar-refractivity contribution in [2.75, 3.05) is 52.5 Å².